The topological polar surface area (TPSA) is 92.1 Å². The predicted octanol–water partition coefficient (Wildman–Crippen LogP) is 0.422. The summed E-state index contributed by atoms with van der Waals surface area (Å²) in [5.74, 6) is 0.412. The average molecular weight is 255 g/mol. The van der Waals surface area contributed by atoms with Gasteiger partial charge in [-0.2, -0.15) is 5.26 Å². The molecule has 0 spiro atoms. The summed E-state index contributed by atoms with van der Waals surface area (Å²) in [5, 5.41) is 7.47. The predicted molar refractivity (Wildman–Crippen MR) is 61.6 cm³/mol. The molecule has 1 N–H and O–H groups in total. The lowest BCUT2D eigenvalue weighted by molar-refractivity contribution is 0.397. The number of hydrogen-bond acceptors (Lipinski definition) is 5. The van der Waals surface area contributed by atoms with Gasteiger partial charge in [0.05, 0.1) is 13.2 Å². The van der Waals surface area contributed by atoms with Gasteiger partial charge in [0.15, 0.2) is 5.25 Å². The van der Waals surface area contributed by atoms with Gasteiger partial charge in [-0.05, 0) is 18.6 Å². The maximum absolute atomic E-state index is 11.5. The highest BCUT2D eigenvalue weighted by Gasteiger charge is 2.19. The summed E-state index contributed by atoms with van der Waals surface area (Å²) in [6, 6.07) is 4.97. The van der Waals surface area contributed by atoms with Gasteiger partial charge in [-0.3, -0.25) is 0 Å². The van der Waals surface area contributed by atoms with Crippen molar-refractivity contribution in [2.45, 2.75) is 18.7 Å². The van der Waals surface area contributed by atoms with E-state index in [1.54, 1.807) is 18.2 Å². The summed E-state index contributed by atoms with van der Waals surface area (Å²) in [6.45, 7) is 1.43. The van der Waals surface area contributed by atoms with Gasteiger partial charge in [0.25, 0.3) is 0 Å². The summed E-state index contributed by atoms with van der Waals surface area (Å²) in [4.78, 5) is 3.90. The van der Waals surface area contributed by atoms with Crippen LogP contribution in [-0.4, -0.2) is 25.8 Å². The Kier molecular flexibility index (Phi) is 4.43. The van der Waals surface area contributed by atoms with E-state index in [0.717, 1.165) is 0 Å². The van der Waals surface area contributed by atoms with Crippen molar-refractivity contribution in [1.29, 1.82) is 5.26 Å². The Morgan fingerprint density at radius 1 is 1.65 bits per heavy atom. The van der Waals surface area contributed by atoms with Crippen LogP contribution >= 0.6 is 0 Å². The lowest BCUT2D eigenvalue weighted by Gasteiger charge is -2.08. The molecule has 0 aliphatic carbocycles. The minimum Gasteiger partial charge on any atom is -0.481 e. The Morgan fingerprint density at radius 3 is 2.94 bits per heavy atom. The van der Waals surface area contributed by atoms with E-state index in [-0.39, 0.29) is 6.54 Å². The lowest BCUT2D eigenvalue weighted by Crippen LogP contribution is -2.31. The molecule has 1 aromatic rings. The first-order chi connectivity index (χ1) is 7.99. The third kappa shape index (κ3) is 3.69. The molecule has 0 fully saturated rings. The molecule has 0 saturated heterocycles. The maximum Gasteiger partial charge on any atom is 0.227 e. The Bertz CT molecular complexity index is 522. The van der Waals surface area contributed by atoms with Crippen LogP contribution in [0.5, 0.6) is 5.88 Å². The van der Waals surface area contributed by atoms with E-state index in [0.29, 0.717) is 11.4 Å². The molecule has 0 aromatic carbocycles. The molecule has 1 atom stereocenters. The number of nitrogens with zero attached hydrogens (tertiary/aromatic N) is 2. The molecular weight excluding hydrogens is 242 g/mol. The van der Waals surface area contributed by atoms with Gasteiger partial charge >= 0.3 is 0 Å². The number of pyridine rings is 1. The van der Waals surface area contributed by atoms with Gasteiger partial charge in [-0.15, -0.1) is 0 Å². The number of ether oxygens (including phenoxy) is 1. The quantitative estimate of drug-likeness (QED) is 0.823. The van der Waals surface area contributed by atoms with Gasteiger partial charge in [0, 0.05) is 18.8 Å². The van der Waals surface area contributed by atoms with Gasteiger partial charge in [-0.1, -0.05) is 0 Å². The molecule has 1 aromatic heterocycles. The van der Waals surface area contributed by atoms with E-state index in [1.165, 1.54) is 20.2 Å². The fourth-order valence-electron chi connectivity index (χ4n) is 1.05. The Hall–Kier alpha value is -1.65. The number of nitriles is 1. The van der Waals surface area contributed by atoms with E-state index in [1.807, 2.05) is 0 Å². The molecular formula is C10H13N3O3S. The fraction of sp³-hybridized carbons (Fsp3) is 0.400. The van der Waals surface area contributed by atoms with Gasteiger partial charge < -0.3 is 4.74 Å². The van der Waals surface area contributed by atoms with Crippen molar-refractivity contribution in [2.24, 2.45) is 0 Å². The van der Waals surface area contributed by atoms with Gasteiger partial charge in [0.1, 0.15) is 0 Å². The highest BCUT2D eigenvalue weighted by Crippen LogP contribution is 2.09. The molecule has 6 nitrogen and oxygen atoms in total. The number of nitrogens with one attached hydrogen (secondary N) is 1. The largest absolute Gasteiger partial charge is 0.481 e. The highest BCUT2D eigenvalue weighted by molar-refractivity contribution is 7.90. The monoisotopic (exact) mass is 255 g/mol. The minimum absolute atomic E-state index is 0.104. The molecule has 0 saturated carbocycles. The number of aromatic nitrogens is 1. The smallest absolute Gasteiger partial charge is 0.227 e. The summed E-state index contributed by atoms with van der Waals surface area (Å²) >= 11 is 0. The van der Waals surface area contributed by atoms with Crippen LogP contribution in [0.15, 0.2) is 18.3 Å². The summed E-state index contributed by atoms with van der Waals surface area (Å²) in [5.41, 5.74) is 0.713. The van der Waals surface area contributed by atoms with Crippen LogP contribution in [-0.2, 0) is 16.6 Å². The number of methoxy groups -OCH3 is 1. The Morgan fingerprint density at radius 2 is 2.35 bits per heavy atom. The van der Waals surface area contributed by atoms with Gasteiger partial charge in [-0.25, -0.2) is 18.1 Å². The second kappa shape index (κ2) is 5.61. The van der Waals surface area contributed by atoms with E-state index in [4.69, 9.17) is 10.00 Å². The van der Waals surface area contributed by atoms with Crippen LogP contribution < -0.4 is 9.46 Å². The van der Waals surface area contributed by atoms with Crippen molar-refractivity contribution in [3.05, 3.63) is 23.9 Å². The normalized spacial score (nSPS) is 12.8. The molecule has 1 heterocycles. The summed E-state index contributed by atoms with van der Waals surface area (Å²) < 4.78 is 30.3. The standard InChI is InChI=1S/C10H13N3O3S/c1-8(6-11)17(14,15)13-7-9-3-4-12-10(5-9)16-2/h3-5,8,13H,7H2,1-2H3. The molecule has 92 valence electrons. The average Bonchev–Trinajstić information content (AvgIpc) is 2.35. The van der Waals surface area contributed by atoms with Crippen LogP contribution in [0.3, 0.4) is 0 Å². The van der Waals surface area contributed by atoms with Crippen molar-refractivity contribution in [3.8, 4) is 11.9 Å². The van der Waals surface area contributed by atoms with Crippen LogP contribution in [0.2, 0.25) is 0 Å². The Balaban J connectivity index is 2.71. The first kappa shape index (κ1) is 13.4. The fourth-order valence-corrected chi connectivity index (χ4v) is 1.81. The lowest BCUT2D eigenvalue weighted by atomic mass is 10.3. The van der Waals surface area contributed by atoms with Crippen LogP contribution in [0.1, 0.15) is 12.5 Å². The second-order valence-corrected chi connectivity index (χ2v) is 5.43. The van der Waals surface area contributed by atoms with E-state index in [9.17, 15) is 8.42 Å². The van der Waals surface area contributed by atoms with Crippen molar-refractivity contribution in [2.75, 3.05) is 7.11 Å². The first-order valence-corrected chi connectivity index (χ1v) is 6.41. The van der Waals surface area contributed by atoms with Crippen LogP contribution in [0, 0.1) is 11.3 Å². The minimum atomic E-state index is -3.60. The zero-order chi connectivity index (χ0) is 12.9. The third-order valence-electron chi connectivity index (χ3n) is 2.13. The van der Waals surface area contributed by atoms with Crippen molar-refractivity contribution < 1.29 is 13.2 Å². The molecule has 0 bridgehead atoms. The first-order valence-electron chi connectivity index (χ1n) is 4.86. The number of sulfonamides is 1. The molecule has 1 unspecified atom stereocenters. The number of hydrogen-bond donors (Lipinski definition) is 1. The van der Waals surface area contributed by atoms with Crippen LogP contribution in [0.4, 0.5) is 0 Å². The molecule has 0 radical (unpaired) electrons. The molecule has 0 aliphatic rings. The molecule has 0 amide bonds. The van der Waals surface area contributed by atoms with Crippen molar-refractivity contribution in [3.63, 3.8) is 0 Å². The highest BCUT2D eigenvalue weighted by atomic mass is 32.2. The SMILES string of the molecule is COc1cc(CNS(=O)(=O)C(C)C#N)ccn1. The van der Waals surface area contributed by atoms with Crippen LogP contribution in [0.25, 0.3) is 0 Å². The zero-order valence-electron chi connectivity index (χ0n) is 9.54. The van der Waals surface area contributed by atoms with Crippen molar-refractivity contribution >= 4 is 10.0 Å². The third-order valence-corrected chi connectivity index (χ3v) is 3.72. The maximum atomic E-state index is 11.5. The molecule has 17 heavy (non-hydrogen) atoms. The van der Waals surface area contributed by atoms with E-state index in [2.05, 4.69) is 9.71 Å². The Labute approximate surface area is 100 Å². The zero-order valence-corrected chi connectivity index (χ0v) is 10.4. The molecule has 7 heteroatoms. The summed E-state index contributed by atoms with van der Waals surface area (Å²) in [6.07, 6.45) is 1.52. The van der Waals surface area contributed by atoms with Crippen molar-refractivity contribution in [1.82, 2.24) is 9.71 Å². The molecule has 1 rings (SSSR count). The second-order valence-electron chi connectivity index (χ2n) is 3.34. The van der Waals surface area contributed by atoms with E-state index >= 15 is 0 Å². The molecule has 0 aliphatic heterocycles. The number of rotatable bonds is 5. The van der Waals surface area contributed by atoms with Gasteiger partial charge in [0.2, 0.25) is 15.9 Å². The van der Waals surface area contributed by atoms with E-state index < -0.39 is 15.3 Å². The summed E-state index contributed by atoms with van der Waals surface area (Å²) in [7, 11) is -2.12.